The molecule has 0 saturated carbocycles. The molecule has 2 heterocycles. The molecule has 1 unspecified atom stereocenters. The summed E-state index contributed by atoms with van der Waals surface area (Å²) in [5.74, 6) is 0.990. The van der Waals surface area contributed by atoms with Crippen molar-refractivity contribution in [1.29, 1.82) is 0 Å². The Bertz CT molecular complexity index is 482. The van der Waals surface area contributed by atoms with Gasteiger partial charge in [0.05, 0.1) is 6.10 Å². The fraction of sp³-hybridized carbons (Fsp3) is 0.364. The lowest BCUT2D eigenvalue weighted by molar-refractivity contribution is 0.180. The second-order valence-corrected chi connectivity index (χ2v) is 4.68. The van der Waals surface area contributed by atoms with Gasteiger partial charge < -0.3 is 9.63 Å². The first-order valence-electron chi connectivity index (χ1n) is 5.28. The fourth-order valence-electron chi connectivity index (χ4n) is 1.30. The third-order valence-corrected chi connectivity index (χ3v) is 2.67. The van der Waals surface area contributed by atoms with E-state index in [4.69, 9.17) is 9.63 Å². The number of hydrogen-bond acceptors (Lipinski definition) is 5. The average molecular weight is 298 g/mol. The minimum absolute atomic E-state index is 0.365. The molecule has 1 N–H and O–H groups in total. The van der Waals surface area contributed by atoms with Crippen LogP contribution in [0.2, 0.25) is 0 Å². The van der Waals surface area contributed by atoms with Gasteiger partial charge in [-0.1, -0.05) is 5.16 Å². The van der Waals surface area contributed by atoms with Crippen molar-refractivity contribution in [2.24, 2.45) is 0 Å². The molecule has 90 valence electrons. The average Bonchev–Trinajstić information content (AvgIpc) is 2.76. The summed E-state index contributed by atoms with van der Waals surface area (Å²) < 4.78 is 5.98. The standard InChI is InChI=1S/C11H12BrN3O2/c1-7(16)2-5-10-14-11(15-17-10)9-4-3-8(12)6-13-9/h3-4,6-7,16H,2,5H2,1H3. The number of aliphatic hydroxyl groups is 1. The van der Waals surface area contributed by atoms with Crippen LogP contribution >= 0.6 is 15.9 Å². The summed E-state index contributed by atoms with van der Waals surface area (Å²) >= 11 is 3.31. The van der Waals surface area contributed by atoms with E-state index in [1.54, 1.807) is 13.1 Å². The minimum atomic E-state index is -0.365. The monoisotopic (exact) mass is 297 g/mol. The Hall–Kier alpha value is -1.27. The molecule has 0 saturated heterocycles. The van der Waals surface area contributed by atoms with Gasteiger partial charge in [0.2, 0.25) is 11.7 Å². The van der Waals surface area contributed by atoms with Gasteiger partial charge in [0.15, 0.2) is 0 Å². The largest absolute Gasteiger partial charge is 0.393 e. The lowest BCUT2D eigenvalue weighted by Gasteiger charge is -1.98. The van der Waals surface area contributed by atoms with Crippen LogP contribution in [-0.4, -0.2) is 26.3 Å². The zero-order valence-electron chi connectivity index (χ0n) is 9.30. The highest BCUT2D eigenvalue weighted by Gasteiger charge is 2.10. The number of hydrogen-bond donors (Lipinski definition) is 1. The molecule has 17 heavy (non-hydrogen) atoms. The van der Waals surface area contributed by atoms with Crippen molar-refractivity contribution in [3.05, 3.63) is 28.7 Å². The van der Waals surface area contributed by atoms with E-state index >= 15 is 0 Å². The highest BCUT2D eigenvalue weighted by atomic mass is 79.9. The van der Waals surface area contributed by atoms with Gasteiger partial charge >= 0.3 is 0 Å². The smallest absolute Gasteiger partial charge is 0.227 e. The van der Waals surface area contributed by atoms with Crippen molar-refractivity contribution in [2.75, 3.05) is 0 Å². The van der Waals surface area contributed by atoms with Crippen molar-refractivity contribution in [2.45, 2.75) is 25.9 Å². The third-order valence-electron chi connectivity index (χ3n) is 2.20. The zero-order chi connectivity index (χ0) is 12.3. The second kappa shape index (κ2) is 5.37. The van der Waals surface area contributed by atoms with Gasteiger partial charge in [-0.15, -0.1) is 0 Å². The maximum Gasteiger partial charge on any atom is 0.227 e. The Morgan fingerprint density at radius 3 is 2.94 bits per heavy atom. The topological polar surface area (TPSA) is 72.0 Å². The van der Waals surface area contributed by atoms with Crippen molar-refractivity contribution in [3.8, 4) is 11.5 Å². The summed E-state index contributed by atoms with van der Waals surface area (Å²) in [5, 5.41) is 13.0. The van der Waals surface area contributed by atoms with E-state index in [2.05, 4.69) is 31.1 Å². The molecule has 1 atom stereocenters. The maximum absolute atomic E-state index is 9.16. The molecule has 0 spiro atoms. The first-order chi connectivity index (χ1) is 8.15. The Kier molecular flexibility index (Phi) is 3.86. The molecular formula is C11H12BrN3O2. The van der Waals surface area contributed by atoms with Crippen LogP contribution in [0.3, 0.4) is 0 Å². The van der Waals surface area contributed by atoms with E-state index in [1.165, 1.54) is 0 Å². The number of aryl methyl sites for hydroxylation is 1. The summed E-state index contributed by atoms with van der Waals surface area (Å²) in [5.41, 5.74) is 0.667. The molecule has 0 radical (unpaired) electrons. The molecule has 2 aromatic rings. The Morgan fingerprint density at radius 2 is 2.29 bits per heavy atom. The minimum Gasteiger partial charge on any atom is -0.393 e. The molecule has 6 heteroatoms. The SMILES string of the molecule is CC(O)CCc1nc(-c2ccc(Br)cn2)no1. The summed E-state index contributed by atoms with van der Waals surface area (Å²) in [6, 6.07) is 3.68. The van der Waals surface area contributed by atoms with Crippen molar-refractivity contribution in [3.63, 3.8) is 0 Å². The van der Waals surface area contributed by atoms with Gasteiger partial charge in [-0.05, 0) is 41.4 Å². The Balaban J connectivity index is 2.10. The summed E-state index contributed by atoms with van der Waals surface area (Å²) in [6.07, 6.45) is 2.49. The first-order valence-corrected chi connectivity index (χ1v) is 6.07. The van der Waals surface area contributed by atoms with Crippen LogP contribution < -0.4 is 0 Å². The summed E-state index contributed by atoms with van der Waals surface area (Å²) in [6.45, 7) is 1.73. The van der Waals surface area contributed by atoms with Crippen molar-refractivity contribution >= 4 is 15.9 Å². The van der Waals surface area contributed by atoms with Crippen LogP contribution in [0.4, 0.5) is 0 Å². The van der Waals surface area contributed by atoms with E-state index in [1.807, 2.05) is 12.1 Å². The number of aromatic nitrogens is 3. The van der Waals surface area contributed by atoms with E-state index in [9.17, 15) is 0 Å². The highest BCUT2D eigenvalue weighted by Crippen LogP contribution is 2.16. The first kappa shape index (κ1) is 12.2. The number of rotatable bonds is 4. The molecule has 0 amide bonds. The molecule has 0 bridgehead atoms. The molecular weight excluding hydrogens is 286 g/mol. The Morgan fingerprint density at radius 1 is 1.47 bits per heavy atom. The highest BCUT2D eigenvalue weighted by molar-refractivity contribution is 9.10. The summed E-state index contributed by atoms with van der Waals surface area (Å²) in [7, 11) is 0. The predicted octanol–water partition coefficient (Wildman–Crippen LogP) is 2.21. The van der Waals surface area contributed by atoms with Crippen molar-refractivity contribution < 1.29 is 9.63 Å². The number of pyridine rings is 1. The fourth-order valence-corrected chi connectivity index (χ4v) is 1.54. The number of aliphatic hydroxyl groups excluding tert-OH is 1. The van der Waals surface area contributed by atoms with Crippen LogP contribution in [0.25, 0.3) is 11.5 Å². The third kappa shape index (κ3) is 3.34. The number of halogens is 1. The Labute approximate surface area is 107 Å². The normalized spacial score (nSPS) is 12.6. The lowest BCUT2D eigenvalue weighted by atomic mass is 10.2. The quantitative estimate of drug-likeness (QED) is 0.937. The molecule has 0 aliphatic rings. The van der Waals surface area contributed by atoms with Gasteiger partial charge in [0, 0.05) is 17.1 Å². The van der Waals surface area contributed by atoms with Crippen molar-refractivity contribution in [1.82, 2.24) is 15.1 Å². The van der Waals surface area contributed by atoms with Crippen LogP contribution in [0.15, 0.2) is 27.3 Å². The summed E-state index contributed by atoms with van der Waals surface area (Å²) in [4.78, 5) is 8.39. The van der Waals surface area contributed by atoms with Gasteiger partial charge in [0.1, 0.15) is 5.69 Å². The second-order valence-electron chi connectivity index (χ2n) is 3.76. The van der Waals surface area contributed by atoms with Gasteiger partial charge in [0.25, 0.3) is 0 Å². The van der Waals surface area contributed by atoms with Crippen LogP contribution in [-0.2, 0) is 6.42 Å². The van der Waals surface area contributed by atoms with Gasteiger partial charge in [-0.25, -0.2) is 0 Å². The molecule has 2 aromatic heterocycles. The zero-order valence-corrected chi connectivity index (χ0v) is 10.9. The molecule has 0 aliphatic heterocycles. The molecule has 5 nitrogen and oxygen atoms in total. The van der Waals surface area contributed by atoms with E-state index in [-0.39, 0.29) is 6.10 Å². The molecule has 0 aromatic carbocycles. The number of nitrogens with zero attached hydrogens (tertiary/aromatic N) is 3. The maximum atomic E-state index is 9.16. The van der Waals surface area contributed by atoms with Gasteiger partial charge in [-0.3, -0.25) is 4.98 Å². The predicted molar refractivity (Wildman–Crippen MR) is 65.2 cm³/mol. The molecule has 0 aliphatic carbocycles. The lowest BCUT2D eigenvalue weighted by Crippen LogP contribution is -2.01. The van der Waals surface area contributed by atoms with E-state index < -0.39 is 0 Å². The van der Waals surface area contributed by atoms with E-state index in [0.717, 1.165) is 4.47 Å². The molecule has 0 fully saturated rings. The van der Waals surface area contributed by atoms with Crippen LogP contribution in [0.1, 0.15) is 19.2 Å². The molecule has 2 rings (SSSR count). The van der Waals surface area contributed by atoms with Crippen LogP contribution in [0.5, 0.6) is 0 Å². The van der Waals surface area contributed by atoms with Crippen LogP contribution in [0, 0.1) is 0 Å². The van der Waals surface area contributed by atoms with E-state index in [0.29, 0.717) is 30.3 Å². The van der Waals surface area contributed by atoms with Gasteiger partial charge in [-0.2, -0.15) is 4.98 Å².